The molecule has 0 N–H and O–H groups in total. The van der Waals surface area contributed by atoms with Crippen LogP contribution in [-0.4, -0.2) is 11.9 Å². The van der Waals surface area contributed by atoms with E-state index >= 15 is 0 Å². The summed E-state index contributed by atoms with van der Waals surface area (Å²) in [7, 11) is 0. The molecule has 0 aromatic rings. The van der Waals surface area contributed by atoms with Gasteiger partial charge in [-0.3, -0.25) is 9.59 Å². The van der Waals surface area contributed by atoms with Gasteiger partial charge in [0.1, 0.15) is 0 Å². The van der Waals surface area contributed by atoms with Gasteiger partial charge >= 0.3 is 11.9 Å². The highest BCUT2D eigenvalue weighted by atomic mass is 16.6. The second-order valence-electron chi connectivity index (χ2n) is 5.88. The molecule has 4 aliphatic rings. The lowest BCUT2D eigenvalue weighted by molar-refractivity contribution is -0.154. The Labute approximate surface area is 101 Å². The molecule has 1 fully saturated rings. The Morgan fingerprint density at radius 1 is 1.06 bits per heavy atom. The molecule has 0 radical (unpaired) electrons. The van der Waals surface area contributed by atoms with Gasteiger partial charge in [-0.1, -0.05) is 45.1 Å². The molecule has 0 aromatic heterocycles. The van der Waals surface area contributed by atoms with E-state index in [1.54, 1.807) is 0 Å². The average molecular weight is 232 g/mol. The number of ether oxygens (including phenoxy) is 1. The highest BCUT2D eigenvalue weighted by molar-refractivity contribution is 5.99. The molecule has 1 heterocycles. The van der Waals surface area contributed by atoms with Crippen molar-refractivity contribution in [1.29, 1.82) is 0 Å². The van der Waals surface area contributed by atoms with Gasteiger partial charge in [0.15, 0.2) is 0 Å². The number of hydrogen-bond acceptors (Lipinski definition) is 3. The number of cyclic esters (lactones) is 2. The minimum Gasteiger partial charge on any atom is -0.393 e. The Balaban J connectivity index is 2.22. The van der Waals surface area contributed by atoms with Crippen molar-refractivity contribution in [1.82, 2.24) is 0 Å². The number of esters is 2. The van der Waals surface area contributed by atoms with Crippen LogP contribution in [0.1, 0.15) is 20.8 Å². The number of carbonyl (C=O) groups is 2. The first-order valence-electron chi connectivity index (χ1n) is 6.07. The molecular formula is C14H16O3. The second-order valence-corrected chi connectivity index (χ2v) is 5.88. The van der Waals surface area contributed by atoms with Crippen LogP contribution >= 0.6 is 0 Å². The largest absolute Gasteiger partial charge is 0.393 e. The molecule has 4 rings (SSSR count). The van der Waals surface area contributed by atoms with Crippen LogP contribution in [0.5, 0.6) is 0 Å². The monoisotopic (exact) mass is 232 g/mol. The van der Waals surface area contributed by atoms with E-state index in [1.807, 2.05) is 6.92 Å². The molecule has 1 saturated heterocycles. The van der Waals surface area contributed by atoms with Gasteiger partial charge in [-0.25, -0.2) is 0 Å². The summed E-state index contributed by atoms with van der Waals surface area (Å²) in [4.78, 5) is 23.8. The fraction of sp³-hybridized carbons (Fsp3) is 0.571. The number of rotatable bonds is 1. The van der Waals surface area contributed by atoms with Crippen LogP contribution in [0.2, 0.25) is 0 Å². The smallest absolute Gasteiger partial charge is 0.318 e. The quantitative estimate of drug-likeness (QED) is 0.395. The minimum atomic E-state index is -0.360. The van der Waals surface area contributed by atoms with Gasteiger partial charge in [-0.15, -0.1) is 0 Å². The fourth-order valence-corrected chi connectivity index (χ4v) is 3.52. The van der Waals surface area contributed by atoms with Crippen LogP contribution in [0.3, 0.4) is 0 Å². The second kappa shape index (κ2) is 2.89. The highest BCUT2D eigenvalue weighted by Crippen LogP contribution is 2.60. The Kier molecular flexibility index (Phi) is 1.83. The fourth-order valence-electron chi connectivity index (χ4n) is 3.52. The van der Waals surface area contributed by atoms with Crippen molar-refractivity contribution in [2.45, 2.75) is 20.8 Å². The SMILES string of the molecule is CC(C)C12C=CC(C)(C=C1)C1C(=O)OC(=O)C12. The first-order valence-corrected chi connectivity index (χ1v) is 6.07. The first-order chi connectivity index (χ1) is 7.91. The molecule has 1 aliphatic heterocycles. The summed E-state index contributed by atoms with van der Waals surface area (Å²) in [5, 5.41) is 0. The van der Waals surface area contributed by atoms with Crippen molar-refractivity contribution in [3.8, 4) is 0 Å². The Hall–Kier alpha value is -1.38. The van der Waals surface area contributed by atoms with Crippen LogP contribution in [-0.2, 0) is 14.3 Å². The zero-order valence-electron chi connectivity index (χ0n) is 10.3. The van der Waals surface area contributed by atoms with Crippen LogP contribution in [0.4, 0.5) is 0 Å². The molecule has 2 atom stereocenters. The van der Waals surface area contributed by atoms with Crippen LogP contribution < -0.4 is 0 Å². The van der Waals surface area contributed by atoms with Gasteiger partial charge < -0.3 is 4.74 Å². The lowest BCUT2D eigenvalue weighted by Crippen LogP contribution is -2.50. The van der Waals surface area contributed by atoms with Crippen molar-refractivity contribution in [2.24, 2.45) is 28.6 Å². The number of allylic oxidation sites excluding steroid dienone is 4. The molecule has 0 aromatic carbocycles. The van der Waals surface area contributed by atoms with Gasteiger partial charge in [0, 0.05) is 10.8 Å². The lowest BCUT2D eigenvalue weighted by atomic mass is 9.50. The minimum absolute atomic E-state index is 0.269. The lowest BCUT2D eigenvalue weighted by Gasteiger charge is -2.50. The van der Waals surface area contributed by atoms with Crippen molar-refractivity contribution in [3.63, 3.8) is 0 Å². The summed E-state index contributed by atoms with van der Waals surface area (Å²) in [6, 6.07) is 0. The molecule has 3 heteroatoms. The first kappa shape index (κ1) is 10.8. The Morgan fingerprint density at radius 3 is 2.12 bits per heavy atom. The van der Waals surface area contributed by atoms with Gasteiger partial charge in [0.25, 0.3) is 0 Å². The van der Waals surface area contributed by atoms with E-state index in [9.17, 15) is 9.59 Å². The van der Waals surface area contributed by atoms with E-state index in [4.69, 9.17) is 4.74 Å². The number of carbonyl (C=O) groups excluding carboxylic acids is 2. The summed E-state index contributed by atoms with van der Waals surface area (Å²) in [6.45, 7) is 6.15. The average Bonchev–Trinajstić information content (AvgIpc) is 2.58. The predicted octanol–water partition coefficient (Wildman–Crippen LogP) is 2.09. The molecule has 3 nitrogen and oxygen atoms in total. The number of hydrogen-bond donors (Lipinski definition) is 0. The van der Waals surface area contributed by atoms with E-state index < -0.39 is 0 Å². The third-order valence-electron chi connectivity index (χ3n) is 4.71. The molecule has 90 valence electrons. The summed E-state index contributed by atoms with van der Waals surface area (Å²) < 4.78 is 4.87. The van der Waals surface area contributed by atoms with Crippen molar-refractivity contribution < 1.29 is 14.3 Å². The highest BCUT2D eigenvalue weighted by Gasteiger charge is 2.64. The van der Waals surface area contributed by atoms with Crippen LogP contribution in [0, 0.1) is 28.6 Å². The molecule has 0 spiro atoms. The summed E-state index contributed by atoms with van der Waals surface area (Å²) >= 11 is 0. The van der Waals surface area contributed by atoms with E-state index in [0.717, 1.165) is 0 Å². The van der Waals surface area contributed by atoms with Crippen LogP contribution in [0.15, 0.2) is 24.3 Å². The Morgan fingerprint density at radius 2 is 1.59 bits per heavy atom. The maximum Gasteiger partial charge on any atom is 0.318 e. The molecule has 2 bridgehead atoms. The maximum absolute atomic E-state index is 11.9. The zero-order valence-corrected chi connectivity index (χ0v) is 10.3. The zero-order chi connectivity index (χ0) is 12.4. The van der Waals surface area contributed by atoms with E-state index in [1.165, 1.54) is 0 Å². The Bertz CT molecular complexity index is 456. The van der Waals surface area contributed by atoms with Crippen molar-refractivity contribution in [2.75, 3.05) is 0 Å². The summed E-state index contributed by atoms with van der Waals surface area (Å²) in [5.74, 6) is -1.12. The van der Waals surface area contributed by atoms with E-state index in [2.05, 4.69) is 38.2 Å². The molecule has 17 heavy (non-hydrogen) atoms. The topological polar surface area (TPSA) is 43.4 Å². The third kappa shape index (κ3) is 1.07. The normalized spacial score (nSPS) is 46.6. The van der Waals surface area contributed by atoms with Crippen LogP contribution in [0.25, 0.3) is 0 Å². The molecule has 2 unspecified atom stereocenters. The third-order valence-corrected chi connectivity index (χ3v) is 4.71. The summed E-state index contributed by atoms with van der Waals surface area (Å²) in [6.07, 6.45) is 8.32. The predicted molar refractivity (Wildman–Crippen MR) is 61.7 cm³/mol. The molecule has 3 aliphatic carbocycles. The summed E-state index contributed by atoms with van der Waals surface area (Å²) in [5.41, 5.74) is -0.698. The van der Waals surface area contributed by atoms with Gasteiger partial charge in [-0.2, -0.15) is 0 Å². The molecule has 0 saturated carbocycles. The van der Waals surface area contributed by atoms with Gasteiger partial charge in [0.05, 0.1) is 11.8 Å². The van der Waals surface area contributed by atoms with E-state index in [0.29, 0.717) is 0 Å². The molecular weight excluding hydrogens is 216 g/mol. The van der Waals surface area contributed by atoms with E-state index in [-0.39, 0.29) is 40.5 Å². The van der Waals surface area contributed by atoms with Gasteiger partial charge in [-0.05, 0) is 5.92 Å². The standard InChI is InChI=1S/C14H16O3/c1-8(2)14-6-4-13(3,5-7-14)9-10(14)12(16)17-11(9)15/h4-10H,1-3H3. The van der Waals surface area contributed by atoms with Crippen molar-refractivity contribution in [3.05, 3.63) is 24.3 Å². The maximum atomic E-state index is 11.9. The van der Waals surface area contributed by atoms with Gasteiger partial charge in [0.2, 0.25) is 0 Å². The van der Waals surface area contributed by atoms with Crippen molar-refractivity contribution >= 4 is 11.9 Å². The molecule has 0 amide bonds.